The summed E-state index contributed by atoms with van der Waals surface area (Å²) in [5.41, 5.74) is 1.01. The van der Waals surface area contributed by atoms with Crippen molar-refractivity contribution < 1.29 is 4.74 Å². The zero-order valence-electron chi connectivity index (χ0n) is 11.2. The van der Waals surface area contributed by atoms with Crippen LogP contribution in [0.3, 0.4) is 0 Å². The number of hydrogen-bond acceptors (Lipinski definition) is 5. The van der Waals surface area contributed by atoms with Gasteiger partial charge in [-0.3, -0.25) is 4.98 Å². The summed E-state index contributed by atoms with van der Waals surface area (Å²) in [7, 11) is 3.77. The van der Waals surface area contributed by atoms with Crippen LogP contribution < -0.4 is 10.2 Å². The zero-order chi connectivity index (χ0) is 12.8. The van der Waals surface area contributed by atoms with Crippen LogP contribution in [0.1, 0.15) is 25.0 Å². The lowest BCUT2D eigenvalue weighted by atomic mass is 10.4. The molecule has 0 aliphatic heterocycles. The van der Waals surface area contributed by atoms with Gasteiger partial charge < -0.3 is 15.0 Å². The molecule has 0 atom stereocenters. The normalized spacial score (nSPS) is 14.8. The average molecular weight is 250 g/mol. The highest BCUT2D eigenvalue weighted by atomic mass is 16.5. The Hall–Kier alpha value is -1.20. The van der Waals surface area contributed by atoms with Gasteiger partial charge in [-0.25, -0.2) is 4.98 Å². The monoisotopic (exact) mass is 250 g/mol. The van der Waals surface area contributed by atoms with Gasteiger partial charge in [-0.1, -0.05) is 0 Å². The second kappa shape index (κ2) is 6.66. The van der Waals surface area contributed by atoms with Crippen LogP contribution in [0, 0.1) is 0 Å². The predicted molar refractivity (Wildman–Crippen MR) is 71.7 cm³/mol. The Balaban J connectivity index is 1.84. The topological polar surface area (TPSA) is 50.3 Å². The molecule has 0 radical (unpaired) electrons. The molecule has 0 saturated heterocycles. The molecule has 18 heavy (non-hydrogen) atoms. The summed E-state index contributed by atoms with van der Waals surface area (Å²) in [6.45, 7) is 2.53. The highest BCUT2D eigenvalue weighted by Crippen LogP contribution is 2.19. The van der Waals surface area contributed by atoms with Crippen molar-refractivity contribution in [2.75, 3.05) is 32.2 Å². The molecule has 100 valence electrons. The van der Waals surface area contributed by atoms with Crippen LogP contribution in [0.15, 0.2) is 12.4 Å². The Kier molecular flexibility index (Phi) is 4.90. The first-order valence-electron chi connectivity index (χ1n) is 6.54. The summed E-state index contributed by atoms with van der Waals surface area (Å²) < 4.78 is 5.05. The molecule has 1 aromatic heterocycles. The maximum atomic E-state index is 5.05. The SMILES string of the molecule is COCCCN(C)c1cncc(CNC2CC2)n1. The average Bonchev–Trinajstić information content (AvgIpc) is 3.21. The van der Waals surface area contributed by atoms with E-state index in [9.17, 15) is 0 Å². The Morgan fingerprint density at radius 1 is 1.44 bits per heavy atom. The molecule has 1 saturated carbocycles. The third kappa shape index (κ3) is 4.23. The van der Waals surface area contributed by atoms with Crippen molar-refractivity contribution in [3.63, 3.8) is 0 Å². The van der Waals surface area contributed by atoms with E-state index >= 15 is 0 Å². The number of anilines is 1. The van der Waals surface area contributed by atoms with Crippen LogP contribution in [0.25, 0.3) is 0 Å². The number of aromatic nitrogens is 2. The second-order valence-electron chi connectivity index (χ2n) is 4.79. The van der Waals surface area contributed by atoms with Gasteiger partial charge in [0.05, 0.1) is 11.9 Å². The van der Waals surface area contributed by atoms with Crippen LogP contribution in [0.4, 0.5) is 5.82 Å². The summed E-state index contributed by atoms with van der Waals surface area (Å²) >= 11 is 0. The van der Waals surface area contributed by atoms with Gasteiger partial charge in [0.25, 0.3) is 0 Å². The highest BCUT2D eigenvalue weighted by Gasteiger charge is 2.20. The van der Waals surface area contributed by atoms with E-state index in [0.717, 1.165) is 37.6 Å². The van der Waals surface area contributed by atoms with E-state index in [4.69, 9.17) is 4.74 Å². The second-order valence-corrected chi connectivity index (χ2v) is 4.79. The molecule has 1 aliphatic carbocycles. The Bertz CT molecular complexity index is 368. The van der Waals surface area contributed by atoms with Gasteiger partial charge in [0.2, 0.25) is 0 Å². The summed E-state index contributed by atoms with van der Waals surface area (Å²) in [6.07, 6.45) is 7.24. The minimum absolute atomic E-state index is 0.704. The Morgan fingerprint density at radius 3 is 3.00 bits per heavy atom. The fourth-order valence-electron chi connectivity index (χ4n) is 1.76. The lowest BCUT2D eigenvalue weighted by Gasteiger charge is -2.18. The van der Waals surface area contributed by atoms with Crippen molar-refractivity contribution >= 4 is 5.82 Å². The van der Waals surface area contributed by atoms with Gasteiger partial charge >= 0.3 is 0 Å². The van der Waals surface area contributed by atoms with E-state index in [1.54, 1.807) is 7.11 Å². The van der Waals surface area contributed by atoms with Crippen LogP contribution in [0.2, 0.25) is 0 Å². The number of nitrogens with one attached hydrogen (secondary N) is 1. The molecule has 1 aromatic rings. The molecule has 2 rings (SSSR count). The summed E-state index contributed by atoms with van der Waals surface area (Å²) in [5.74, 6) is 0.932. The Morgan fingerprint density at radius 2 is 2.28 bits per heavy atom. The first-order chi connectivity index (χ1) is 8.79. The largest absolute Gasteiger partial charge is 0.385 e. The number of methoxy groups -OCH3 is 1. The molecular weight excluding hydrogens is 228 g/mol. The molecule has 1 N–H and O–H groups in total. The molecule has 0 bridgehead atoms. The lowest BCUT2D eigenvalue weighted by molar-refractivity contribution is 0.196. The fourth-order valence-corrected chi connectivity index (χ4v) is 1.76. The molecule has 5 nitrogen and oxygen atoms in total. The summed E-state index contributed by atoms with van der Waals surface area (Å²) in [4.78, 5) is 11.0. The number of rotatable bonds is 8. The van der Waals surface area contributed by atoms with Gasteiger partial charge in [-0.2, -0.15) is 0 Å². The summed E-state index contributed by atoms with van der Waals surface area (Å²) in [6, 6.07) is 0.704. The van der Waals surface area contributed by atoms with Crippen molar-refractivity contribution in [2.24, 2.45) is 0 Å². The highest BCUT2D eigenvalue weighted by molar-refractivity contribution is 5.34. The van der Waals surface area contributed by atoms with Crippen LogP contribution >= 0.6 is 0 Å². The third-order valence-corrected chi connectivity index (χ3v) is 3.05. The molecule has 1 heterocycles. The molecule has 0 aromatic carbocycles. The molecule has 0 amide bonds. The number of hydrogen-bond donors (Lipinski definition) is 1. The maximum absolute atomic E-state index is 5.05. The number of nitrogens with zero attached hydrogens (tertiary/aromatic N) is 3. The Labute approximate surface area is 109 Å². The third-order valence-electron chi connectivity index (χ3n) is 3.05. The first-order valence-corrected chi connectivity index (χ1v) is 6.54. The maximum Gasteiger partial charge on any atom is 0.147 e. The molecule has 1 aliphatic rings. The summed E-state index contributed by atoms with van der Waals surface area (Å²) in [5, 5.41) is 3.45. The van der Waals surface area contributed by atoms with Crippen LogP contribution in [0.5, 0.6) is 0 Å². The van der Waals surface area contributed by atoms with Gasteiger partial charge in [0, 0.05) is 46.1 Å². The van der Waals surface area contributed by atoms with Crippen molar-refractivity contribution in [3.05, 3.63) is 18.1 Å². The number of ether oxygens (including phenoxy) is 1. The van der Waals surface area contributed by atoms with Gasteiger partial charge in [-0.05, 0) is 19.3 Å². The molecule has 0 unspecified atom stereocenters. The van der Waals surface area contributed by atoms with Crippen molar-refractivity contribution in [2.45, 2.75) is 31.8 Å². The van der Waals surface area contributed by atoms with Crippen molar-refractivity contribution in [1.82, 2.24) is 15.3 Å². The molecular formula is C13H22N4O. The van der Waals surface area contributed by atoms with Crippen LogP contribution in [-0.2, 0) is 11.3 Å². The molecule has 1 fully saturated rings. The molecule has 5 heteroatoms. The smallest absolute Gasteiger partial charge is 0.147 e. The van der Waals surface area contributed by atoms with E-state index in [-0.39, 0.29) is 0 Å². The minimum Gasteiger partial charge on any atom is -0.385 e. The van der Waals surface area contributed by atoms with Crippen molar-refractivity contribution in [3.8, 4) is 0 Å². The fraction of sp³-hybridized carbons (Fsp3) is 0.692. The van der Waals surface area contributed by atoms with Gasteiger partial charge in [-0.15, -0.1) is 0 Å². The minimum atomic E-state index is 0.704. The van der Waals surface area contributed by atoms with Gasteiger partial charge in [0.1, 0.15) is 5.82 Å². The van der Waals surface area contributed by atoms with E-state index in [0.29, 0.717) is 6.04 Å². The quantitative estimate of drug-likeness (QED) is 0.703. The standard InChI is InChI=1S/C13H22N4O/c1-17(6-3-7-18-2)13-10-14-8-12(16-13)9-15-11-4-5-11/h8,10-11,15H,3-7,9H2,1-2H3. The van der Waals surface area contributed by atoms with Crippen LogP contribution in [-0.4, -0.2) is 43.3 Å². The van der Waals surface area contributed by atoms with Crippen molar-refractivity contribution in [1.29, 1.82) is 0 Å². The lowest BCUT2D eigenvalue weighted by Crippen LogP contribution is -2.22. The van der Waals surface area contributed by atoms with E-state index in [1.165, 1.54) is 12.8 Å². The van der Waals surface area contributed by atoms with E-state index < -0.39 is 0 Å². The van der Waals surface area contributed by atoms with E-state index in [1.807, 2.05) is 19.4 Å². The van der Waals surface area contributed by atoms with Gasteiger partial charge in [0.15, 0.2) is 0 Å². The van der Waals surface area contributed by atoms with E-state index in [2.05, 4.69) is 20.2 Å². The zero-order valence-corrected chi connectivity index (χ0v) is 11.2. The molecule has 0 spiro atoms. The first kappa shape index (κ1) is 13.2. The predicted octanol–water partition coefficient (Wildman–Crippen LogP) is 1.20.